The number of carbonyl (C=O) groups is 3. The molecule has 0 saturated carbocycles. The summed E-state index contributed by atoms with van der Waals surface area (Å²) in [6.45, 7) is 6.81. The Balaban J connectivity index is 3.01. The number of hydrogen-bond donors (Lipinski definition) is 1. The normalized spacial score (nSPS) is 21.9. The van der Waals surface area contributed by atoms with Crippen LogP contribution in [0.3, 0.4) is 0 Å². The highest BCUT2D eigenvalue weighted by Gasteiger charge is 2.45. The molecular weight excluding hydrogens is 250 g/mol. The molecule has 1 fully saturated rings. The molecule has 6 nitrogen and oxygen atoms in total. The van der Waals surface area contributed by atoms with Crippen molar-refractivity contribution in [2.75, 3.05) is 0 Å². The van der Waals surface area contributed by atoms with Crippen LogP contribution in [0.15, 0.2) is 11.6 Å². The van der Waals surface area contributed by atoms with Gasteiger partial charge < -0.3 is 9.84 Å². The monoisotopic (exact) mass is 269 g/mol. The molecule has 0 bridgehead atoms. The molecule has 1 aliphatic rings. The van der Waals surface area contributed by atoms with E-state index >= 15 is 0 Å². The van der Waals surface area contributed by atoms with Gasteiger partial charge in [0.2, 0.25) is 0 Å². The van der Waals surface area contributed by atoms with Gasteiger partial charge in [0.25, 0.3) is 5.91 Å². The number of carboxylic acids is 1. The third-order valence-electron chi connectivity index (χ3n) is 2.54. The van der Waals surface area contributed by atoms with Crippen LogP contribution in [-0.4, -0.2) is 39.6 Å². The highest BCUT2D eigenvalue weighted by atomic mass is 16.6. The number of likely N-dealkylation sites (tertiary alicyclic amines) is 1. The first-order valence-electron chi connectivity index (χ1n) is 6.15. The van der Waals surface area contributed by atoms with Crippen molar-refractivity contribution in [2.45, 2.75) is 52.2 Å². The minimum absolute atomic E-state index is 0.0290. The Kier molecular flexibility index (Phi) is 4.34. The van der Waals surface area contributed by atoms with Crippen molar-refractivity contribution in [3.8, 4) is 0 Å². The fraction of sp³-hybridized carbons (Fsp3) is 0.615. The van der Waals surface area contributed by atoms with Gasteiger partial charge in [0.15, 0.2) is 0 Å². The zero-order chi connectivity index (χ0) is 14.8. The lowest BCUT2D eigenvalue weighted by Crippen LogP contribution is -2.45. The molecule has 2 amide bonds. The van der Waals surface area contributed by atoms with Crippen molar-refractivity contribution in [1.82, 2.24) is 4.90 Å². The number of rotatable bonds is 2. The molecule has 0 spiro atoms. The van der Waals surface area contributed by atoms with Crippen LogP contribution in [0.5, 0.6) is 0 Å². The largest absolute Gasteiger partial charge is 0.480 e. The molecule has 19 heavy (non-hydrogen) atoms. The van der Waals surface area contributed by atoms with Crippen molar-refractivity contribution in [2.24, 2.45) is 0 Å². The van der Waals surface area contributed by atoms with E-state index in [0.717, 1.165) is 0 Å². The summed E-state index contributed by atoms with van der Waals surface area (Å²) in [5.74, 6) is -1.79. The predicted octanol–water partition coefficient (Wildman–Crippen LogP) is 1.94. The zero-order valence-corrected chi connectivity index (χ0v) is 11.6. The van der Waals surface area contributed by atoms with Gasteiger partial charge >= 0.3 is 12.1 Å². The molecule has 1 heterocycles. The maximum absolute atomic E-state index is 12.0. The van der Waals surface area contributed by atoms with E-state index in [4.69, 9.17) is 9.84 Å². The van der Waals surface area contributed by atoms with E-state index in [9.17, 15) is 14.4 Å². The molecule has 1 rings (SSSR count). The molecule has 6 heteroatoms. The number of aliphatic carboxylic acids is 1. The molecule has 1 unspecified atom stereocenters. The number of carbonyl (C=O) groups excluding carboxylic acids is 2. The van der Waals surface area contributed by atoms with Crippen molar-refractivity contribution >= 4 is 18.0 Å². The number of nitrogens with zero attached hydrogens (tertiary/aromatic N) is 1. The summed E-state index contributed by atoms with van der Waals surface area (Å²) in [7, 11) is 0. The molecule has 1 N–H and O–H groups in total. The minimum Gasteiger partial charge on any atom is -0.480 e. The number of amides is 2. The highest BCUT2D eigenvalue weighted by molar-refractivity contribution is 6.08. The van der Waals surface area contributed by atoms with Crippen LogP contribution in [0.25, 0.3) is 0 Å². The lowest BCUT2D eigenvalue weighted by atomic mass is 10.1. The molecule has 106 valence electrons. The average molecular weight is 269 g/mol. The molecule has 0 aromatic carbocycles. The maximum atomic E-state index is 12.0. The van der Waals surface area contributed by atoms with Gasteiger partial charge in [-0.3, -0.25) is 4.79 Å². The number of carboxylic acid groups (broad SMARTS) is 1. The second-order valence-electron chi connectivity index (χ2n) is 5.35. The quantitative estimate of drug-likeness (QED) is 0.774. The van der Waals surface area contributed by atoms with Gasteiger partial charge in [-0.1, -0.05) is 13.0 Å². The molecule has 0 aromatic rings. The van der Waals surface area contributed by atoms with Gasteiger partial charge in [0.1, 0.15) is 11.6 Å². The first-order valence-corrected chi connectivity index (χ1v) is 6.15. The zero-order valence-electron chi connectivity index (χ0n) is 11.6. The summed E-state index contributed by atoms with van der Waals surface area (Å²) in [5, 5.41) is 9.11. The van der Waals surface area contributed by atoms with Crippen LogP contribution in [0.1, 0.15) is 40.5 Å². The third kappa shape index (κ3) is 3.56. The number of ether oxygens (including phenoxy) is 1. The Labute approximate surface area is 112 Å². The van der Waals surface area contributed by atoms with Gasteiger partial charge in [0, 0.05) is 12.0 Å². The van der Waals surface area contributed by atoms with E-state index in [0.29, 0.717) is 16.9 Å². The molecule has 0 aromatic heterocycles. The van der Waals surface area contributed by atoms with Crippen molar-refractivity contribution in [1.29, 1.82) is 0 Å². The Morgan fingerprint density at radius 2 is 2.05 bits per heavy atom. The van der Waals surface area contributed by atoms with Crippen LogP contribution in [0.2, 0.25) is 0 Å². The van der Waals surface area contributed by atoms with Crippen LogP contribution in [-0.2, 0) is 14.3 Å². The fourth-order valence-electron chi connectivity index (χ4n) is 1.82. The summed E-state index contributed by atoms with van der Waals surface area (Å²) in [4.78, 5) is 35.8. The van der Waals surface area contributed by atoms with E-state index in [1.54, 1.807) is 26.8 Å². The topological polar surface area (TPSA) is 83.9 Å². The number of hydrogen-bond acceptors (Lipinski definition) is 4. The summed E-state index contributed by atoms with van der Waals surface area (Å²) in [6.07, 6.45) is 1.36. The van der Waals surface area contributed by atoms with Crippen LogP contribution in [0.4, 0.5) is 4.79 Å². The van der Waals surface area contributed by atoms with Crippen LogP contribution < -0.4 is 0 Å². The molecule has 1 aliphatic heterocycles. The minimum atomic E-state index is -1.21. The Bertz CT molecular complexity index is 433. The third-order valence-corrected chi connectivity index (χ3v) is 2.54. The van der Waals surface area contributed by atoms with E-state index in [1.807, 2.05) is 6.92 Å². The van der Waals surface area contributed by atoms with Gasteiger partial charge in [-0.25, -0.2) is 14.5 Å². The molecule has 1 saturated heterocycles. The van der Waals surface area contributed by atoms with E-state index in [1.165, 1.54) is 0 Å². The van der Waals surface area contributed by atoms with Gasteiger partial charge in [-0.05, 0) is 27.2 Å². The lowest BCUT2D eigenvalue weighted by Gasteiger charge is -2.25. The Morgan fingerprint density at radius 3 is 2.47 bits per heavy atom. The summed E-state index contributed by atoms with van der Waals surface area (Å²) in [6, 6.07) is -1.18. The van der Waals surface area contributed by atoms with Crippen molar-refractivity contribution in [3.05, 3.63) is 11.6 Å². The fourth-order valence-corrected chi connectivity index (χ4v) is 1.82. The number of allylic oxidation sites excluding steroid dienone is 1. The van der Waals surface area contributed by atoms with Crippen molar-refractivity contribution < 1.29 is 24.2 Å². The van der Waals surface area contributed by atoms with Crippen molar-refractivity contribution in [3.63, 3.8) is 0 Å². The summed E-state index contributed by atoms with van der Waals surface area (Å²) < 4.78 is 5.07. The number of imide groups is 1. The first-order chi connectivity index (χ1) is 8.67. The summed E-state index contributed by atoms with van der Waals surface area (Å²) in [5.41, 5.74) is -0.432. The average Bonchev–Trinajstić information content (AvgIpc) is 2.54. The van der Waals surface area contributed by atoms with Crippen LogP contribution >= 0.6 is 0 Å². The molecule has 0 aliphatic carbocycles. The predicted molar refractivity (Wildman–Crippen MR) is 67.5 cm³/mol. The van der Waals surface area contributed by atoms with E-state index in [-0.39, 0.29) is 6.42 Å². The van der Waals surface area contributed by atoms with E-state index in [2.05, 4.69) is 0 Å². The lowest BCUT2D eigenvalue weighted by molar-refractivity contribution is -0.145. The van der Waals surface area contributed by atoms with Gasteiger partial charge in [-0.15, -0.1) is 0 Å². The smallest absolute Gasteiger partial charge is 0.418 e. The van der Waals surface area contributed by atoms with Crippen LogP contribution in [0, 0.1) is 0 Å². The van der Waals surface area contributed by atoms with E-state index < -0.39 is 29.6 Å². The Morgan fingerprint density at radius 1 is 1.47 bits per heavy atom. The standard InChI is InChI=1S/C13H19NO5/c1-5-6-8-7-9(11(16)17)14(10(8)15)12(18)19-13(2,3)4/h6,9H,5,7H2,1-4H3,(H,16,17). The first kappa shape index (κ1) is 15.2. The highest BCUT2D eigenvalue weighted by Crippen LogP contribution is 2.26. The van der Waals surface area contributed by atoms with Gasteiger partial charge in [0.05, 0.1) is 0 Å². The Hall–Kier alpha value is -1.85. The summed E-state index contributed by atoms with van der Waals surface area (Å²) >= 11 is 0. The second-order valence-corrected chi connectivity index (χ2v) is 5.35. The van der Waals surface area contributed by atoms with Gasteiger partial charge in [-0.2, -0.15) is 0 Å². The SMILES string of the molecule is CCC=C1CC(C(=O)O)N(C(=O)OC(C)(C)C)C1=O. The molecular formula is C13H19NO5. The maximum Gasteiger partial charge on any atom is 0.418 e. The second kappa shape index (κ2) is 5.42. The molecule has 0 radical (unpaired) electrons. The molecule has 1 atom stereocenters.